The second-order valence-corrected chi connectivity index (χ2v) is 6.23. The summed E-state index contributed by atoms with van der Waals surface area (Å²) in [6, 6.07) is 18.3. The second kappa shape index (κ2) is 6.89. The van der Waals surface area contributed by atoms with E-state index in [4.69, 9.17) is 4.42 Å². The van der Waals surface area contributed by atoms with Gasteiger partial charge >= 0.3 is 11.8 Å². The number of hydrogen-bond acceptors (Lipinski definition) is 4. The number of aryl methyl sites for hydroxylation is 2. The lowest BCUT2D eigenvalue weighted by molar-refractivity contribution is 0.0692. The number of amides is 1. The van der Waals surface area contributed by atoms with Crippen molar-refractivity contribution in [2.45, 2.75) is 25.8 Å². The summed E-state index contributed by atoms with van der Waals surface area (Å²) >= 11 is 0. The average molecular weight is 333 g/mol. The van der Waals surface area contributed by atoms with Gasteiger partial charge in [-0.1, -0.05) is 54.6 Å². The Kier molecular flexibility index (Phi) is 4.29. The van der Waals surface area contributed by atoms with Crippen molar-refractivity contribution in [2.75, 3.05) is 6.54 Å². The zero-order valence-electron chi connectivity index (χ0n) is 13.9. The minimum atomic E-state index is -0.187. The molecule has 1 amide bonds. The van der Waals surface area contributed by atoms with Gasteiger partial charge in [0, 0.05) is 19.5 Å². The monoisotopic (exact) mass is 333 g/mol. The molecule has 1 aliphatic rings. The predicted octanol–water partition coefficient (Wildman–Crippen LogP) is 3.05. The lowest BCUT2D eigenvalue weighted by Crippen LogP contribution is -2.36. The fourth-order valence-electron chi connectivity index (χ4n) is 3.14. The summed E-state index contributed by atoms with van der Waals surface area (Å²) < 4.78 is 5.59. The van der Waals surface area contributed by atoms with Crippen molar-refractivity contribution in [3.8, 4) is 0 Å². The maximum Gasteiger partial charge on any atom is 0.311 e. The molecule has 0 atom stereocenters. The lowest BCUT2D eigenvalue weighted by Gasteiger charge is -2.27. The van der Waals surface area contributed by atoms with Crippen LogP contribution in [0.5, 0.6) is 0 Å². The largest absolute Gasteiger partial charge is 0.417 e. The van der Waals surface area contributed by atoms with Crippen molar-refractivity contribution in [1.82, 2.24) is 15.1 Å². The van der Waals surface area contributed by atoms with E-state index in [0.29, 0.717) is 25.4 Å². The van der Waals surface area contributed by atoms with Crippen LogP contribution in [0, 0.1) is 0 Å². The van der Waals surface area contributed by atoms with Gasteiger partial charge < -0.3 is 9.32 Å². The summed E-state index contributed by atoms with van der Waals surface area (Å²) in [6.45, 7) is 1.27. The van der Waals surface area contributed by atoms with E-state index in [1.807, 2.05) is 30.3 Å². The second-order valence-electron chi connectivity index (χ2n) is 6.23. The van der Waals surface area contributed by atoms with Gasteiger partial charge in [0.05, 0.1) is 0 Å². The molecule has 0 saturated carbocycles. The van der Waals surface area contributed by atoms with Crippen molar-refractivity contribution in [3.05, 3.63) is 83.1 Å². The Balaban J connectivity index is 1.41. The Morgan fingerprint density at radius 2 is 1.72 bits per heavy atom. The molecule has 0 radical (unpaired) electrons. The number of carbonyl (C=O) groups excluding carboxylic acids is 1. The molecule has 4 rings (SSSR count). The highest BCUT2D eigenvalue weighted by atomic mass is 16.4. The molecule has 0 saturated heterocycles. The average Bonchev–Trinajstić information content (AvgIpc) is 3.15. The van der Waals surface area contributed by atoms with Crippen LogP contribution in [0.1, 0.15) is 33.3 Å². The van der Waals surface area contributed by atoms with Crippen LogP contribution in [0.3, 0.4) is 0 Å². The Labute approximate surface area is 146 Å². The molecule has 0 spiro atoms. The lowest BCUT2D eigenvalue weighted by atomic mass is 10.00. The van der Waals surface area contributed by atoms with E-state index in [1.165, 1.54) is 16.7 Å². The minimum absolute atomic E-state index is 0.0856. The summed E-state index contributed by atoms with van der Waals surface area (Å²) in [5.41, 5.74) is 3.70. The molecular weight excluding hydrogens is 314 g/mol. The SMILES string of the molecule is O=C(c1nnc(CCc2ccccc2)o1)N1CCc2ccccc2C1. The maximum atomic E-state index is 12.6. The number of fused-ring (bicyclic) bond motifs is 1. The normalized spacial score (nSPS) is 13.5. The van der Waals surface area contributed by atoms with Gasteiger partial charge in [0.15, 0.2) is 0 Å². The number of nitrogens with zero attached hydrogens (tertiary/aromatic N) is 3. The minimum Gasteiger partial charge on any atom is -0.417 e. The Morgan fingerprint density at radius 3 is 2.56 bits per heavy atom. The molecule has 25 heavy (non-hydrogen) atoms. The van der Waals surface area contributed by atoms with E-state index in [2.05, 4.69) is 34.5 Å². The Hall–Kier alpha value is -2.95. The van der Waals surface area contributed by atoms with Crippen molar-refractivity contribution >= 4 is 5.91 Å². The molecule has 5 nitrogen and oxygen atoms in total. The summed E-state index contributed by atoms with van der Waals surface area (Å²) in [5, 5.41) is 7.98. The third-order valence-corrected chi connectivity index (χ3v) is 4.54. The Bertz CT molecular complexity index is 873. The van der Waals surface area contributed by atoms with Crippen LogP contribution in [0.4, 0.5) is 0 Å². The van der Waals surface area contributed by atoms with Crippen LogP contribution in [0.25, 0.3) is 0 Å². The molecule has 0 fully saturated rings. The first kappa shape index (κ1) is 15.6. The molecule has 126 valence electrons. The third kappa shape index (κ3) is 3.45. The smallest absolute Gasteiger partial charge is 0.311 e. The molecule has 2 aromatic carbocycles. The topological polar surface area (TPSA) is 59.2 Å². The number of aromatic nitrogens is 2. The molecule has 0 bridgehead atoms. The fourth-order valence-corrected chi connectivity index (χ4v) is 3.14. The van der Waals surface area contributed by atoms with E-state index >= 15 is 0 Å². The molecule has 1 aliphatic heterocycles. The van der Waals surface area contributed by atoms with Gasteiger partial charge in [0.1, 0.15) is 0 Å². The van der Waals surface area contributed by atoms with Crippen molar-refractivity contribution in [1.29, 1.82) is 0 Å². The number of hydrogen-bond donors (Lipinski definition) is 0. The maximum absolute atomic E-state index is 12.6. The van der Waals surface area contributed by atoms with Gasteiger partial charge in [-0.05, 0) is 29.5 Å². The van der Waals surface area contributed by atoms with E-state index < -0.39 is 0 Å². The van der Waals surface area contributed by atoms with E-state index in [9.17, 15) is 4.79 Å². The molecule has 5 heteroatoms. The molecule has 3 aromatic rings. The van der Waals surface area contributed by atoms with Crippen LogP contribution >= 0.6 is 0 Å². The number of rotatable bonds is 4. The van der Waals surface area contributed by atoms with Crippen LogP contribution in [0.2, 0.25) is 0 Å². The van der Waals surface area contributed by atoms with Crippen LogP contribution in [0.15, 0.2) is 59.0 Å². The highest BCUT2D eigenvalue weighted by Crippen LogP contribution is 2.20. The summed E-state index contributed by atoms with van der Waals surface area (Å²) in [7, 11) is 0. The van der Waals surface area contributed by atoms with E-state index in [-0.39, 0.29) is 11.8 Å². The molecule has 0 aliphatic carbocycles. The summed E-state index contributed by atoms with van der Waals surface area (Å²) in [6.07, 6.45) is 2.30. The van der Waals surface area contributed by atoms with Gasteiger partial charge in [-0.15, -0.1) is 10.2 Å². The van der Waals surface area contributed by atoms with Gasteiger partial charge in [-0.3, -0.25) is 4.79 Å². The molecule has 1 aromatic heterocycles. The zero-order chi connectivity index (χ0) is 17.1. The third-order valence-electron chi connectivity index (χ3n) is 4.54. The summed E-state index contributed by atoms with van der Waals surface area (Å²) in [5.74, 6) is 0.403. The van der Waals surface area contributed by atoms with Crippen molar-refractivity contribution < 1.29 is 9.21 Å². The summed E-state index contributed by atoms with van der Waals surface area (Å²) in [4.78, 5) is 14.4. The van der Waals surface area contributed by atoms with Crippen LogP contribution in [-0.4, -0.2) is 27.5 Å². The molecule has 2 heterocycles. The molecular formula is C20H19N3O2. The van der Waals surface area contributed by atoms with Gasteiger partial charge in [0.25, 0.3) is 0 Å². The molecule has 0 unspecified atom stereocenters. The van der Waals surface area contributed by atoms with Crippen LogP contribution in [-0.2, 0) is 25.8 Å². The standard InChI is InChI=1S/C20H19N3O2/c24-20(23-13-12-16-8-4-5-9-17(16)14-23)19-22-21-18(25-19)11-10-15-6-2-1-3-7-15/h1-9H,10-14H2. The van der Waals surface area contributed by atoms with Crippen LogP contribution < -0.4 is 0 Å². The highest BCUT2D eigenvalue weighted by molar-refractivity contribution is 5.89. The van der Waals surface area contributed by atoms with Gasteiger partial charge in [-0.2, -0.15) is 0 Å². The van der Waals surface area contributed by atoms with Crippen molar-refractivity contribution in [2.24, 2.45) is 0 Å². The van der Waals surface area contributed by atoms with Gasteiger partial charge in [0.2, 0.25) is 5.89 Å². The van der Waals surface area contributed by atoms with Gasteiger partial charge in [-0.25, -0.2) is 0 Å². The van der Waals surface area contributed by atoms with E-state index in [0.717, 1.165) is 12.8 Å². The number of benzene rings is 2. The highest BCUT2D eigenvalue weighted by Gasteiger charge is 2.25. The fraction of sp³-hybridized carbons (Fsp3) is 0.250. The first-order valence-electron chi connectivity index (χ1n) is 8.52. The Morgan fingerprint density at radius 1 is 0.960 bits per heavy atom. The van der Waals surface area contributed by atoms with E-state index in [1.54, 1.807) is 4.90 Å². The molecule has 0 N–H and O–H groups in total. The predicted molar refractivity (Wildman–Crippen MR) is 93.0 cm³/mol. The first-order chi connectivity index (χ1) is 12.3. The van der Waals surface area contributed by atoms with Crippen molar-refractivity contribution in [3.63, 3.8) is 0 Å². The first-order valence-corrected chi connectivity index (χ1v) is 8.52. The zero-order valence-corrected chi connectivity index (χ0v) is 13.9. The number of carbonyl (C=O) groups is 1. The quantitative estimate of drug-likeness (QED) is 0.736.